The smallest absolute Gasteiger partial charge is 0.321 e. The molecule has 3 N–H and O–H groups in total. The zero-order valence-corrected chi connectivity index (χ0v) is 31.7. The van der Waals surface area contributed by atoms with Crippen molar-refractivity contribution in [3.8, 4) is 5.75 Å². The molecule has 2 aromatic carbocycles. The highest BCUT2D eigenvalue weighted by Gasteiger charge is 2.41. The summed E-state index contributed by atoms with van der Waals surface area (Å²) in [4.78, 5) is 35.7. The molecule has 1 saturated heterocycles. The zero-order chi connectivity index (χ0) is 38.0. The van der Waals surface area contributed by atoms with Crippen molar-refractivity contribution in [1.29, 1.82) is 0 Å². The molecule has 0 bridgehead atoms. The molecule has 2 heterocycles. The average Bonchev–Trinajstić information content (AvgIpc) is 3.49. The summed E-state index contributed by atoms with van der Waals surface area (Å²) in [6.45, 7) is 10.2. The van der Waals surface area contributed by atoms with Gasteiger partial charge in [-0.25, -0.2) is 13.2 Å². The van der Waals surface area contributed by atoms with Gasteiger partial charge in [-0.15, -0.1) is 0 Å². The van der Waals surface area contributed by atoms with Crippen LogP contribution in [0, 0.1) is 11.8 Å². The third-order valence-electron chi connectivity index (χ3n) is 9.38. The minimum absolute atomic E-state index is 0.0492. The lowest BCUT2D eigenvalue weighted by Gasteiger charge is -2.35. The van der Waals surface area contributed by atoms with Gasteiger partial charge in [0.15, 0.2) is 0 Å². The number of rotatable bonds is 18. The first-order valence-corrected chi connectivity index (χ1v) is 19.1. The van der Waals surface area contributed by atoms with Gasteiger partial charge in [0.05, 0.1) is 29.8 Å². The fraction of sp³-hybridized carbons (Fsp3) is 0.474. The molecule has 52 heavy (non-hydrogen) atoms. The normalized spacial score (nSPS) is 16.2. The summed E-state index contributed by atoms with van der Waals surface area (Å²) in [6, 6.07) is 17.0. The van der Waals surface area contributed by atoms with Gasteiger partial charge in [0.2, 0.25) is 15.9 Å². The number of aromatic nitrogens is 1. The lowest BCUT2D eigenvalue weighted by atomic mass is 9.95. The number of nitrogens with one attached hydrogen (secondary N) is 1. The lowest BCUT2D eigenvalue weighted by Crippen LogP contribution is -2.57. The number of amides is 3. The summed E-state index contributed by atoms with van der Waals surface area (Å²) in [5, 5.41) is 27.3. The number of hydrogen-bond acceptors (Lipinski definition) is 9. The standard InChI is InChI=1S/C38H52N6O7S/c1-7-27(4)36(44-20-19-42(38(44)47)24-30-17-18-39-33(22-30)28(5)41-48)37(46)40-34(21-29-11-9-8-10-12-29)35(45)25-43(23-26(2)3)52(49,50)32-15-13-31(51-6)14-16-32/h8-18,22,26-27,34-36,45,48H,7,19-21,23-25H2,1-6H3,(H,40,46)/b41-28+/t27?,34-,35+,36?/m0/s1. The van der Waals surface area contributed by atoms with Crippen LogP contribution >= 0.6 is 0 Å². The lowest BCUT2D eigenvalue weighted by molar-refractivity contribution is -0.128. The largest absolute Gasteiger partial charge is 0.497 e. The zero-order valence-electron chi connectivity index (χ0n) is 30.8. The molecule has 13 nitrogen and oxygen atoms in total. The molecule has 0 spiro atoms. The number of ether oxygens (including phenoxy) is 1. The molecule has 3 amide bonds. The van der Waals surface area contributed by atoms with Crippen LogP contribution in [0.1, 0.15) is 57.9 Å². The number of urea groups is 1. The number of benzene rings is 2. The average molecular weight is 737 g/mol. The molecule has 0 aliphatic carbocycles. The molecular formula is C38H52N6O7S. The third-order valence-corrected chi connectivity index (χ3v) is 11.2. The highest BCUT2D eigenvalue weighted by atomic mass is 32.2. The first-order valence-electron chi connectivity index (χ1n) is 17.6. The van der Waals surface area contributed by atoms with E-state index in [0.717, 1.165) is 11.1 Å². The molecule has 0 saturated carbocycles. The van der Waals surface area contributed by atoms with Crippen molar-refractivity contribution in [1.82, 2.24) is 24.4 Å². The number of oxime groups is 1. The van der Waals surface area contributed by atoms with E-state index in [4.69, 9.17) is 4.74 Å². The topological polar surface area (TPSA) is 165 Å². The number of sulfonamides is 1. The van der Waals surface area contributed by atoms with E-state index in [9.17, 15) is 28.3 Å². The van der Waals surface area contributed by atoms with Crippen LogP contribution in [0.5, 0.6) is 5.75 Å². The Kier molecular flexibility index (Phi) is 14.2. The number of hydrogen-bond donors (Lipinski definition) is 3. The maximum Gasteiger partial charge on any atom is 0.321 e. The van der Waals surface area contributed by atoms with E-state index in [1.807, 2.05) is 58.0 Å². The maximum atomic E-state index is 14.3. The number of methoxy groups -OCH3 is 1. The van der Waals surface area contributed by atoms with E-state index in [1.165, 1.54) is 23.5 Å². The van der Waals surface area contributed by atoms with Crippen molar-refractivity contribution in [2.24, 2.45) is 17.0 Å². The number of carbonyl (C=O) groups excluding carboxylic acids is 2. The molecule has 4 atom stereocenters. The van der Waals surface area contributed by atoms with Gasteiger partial charge in [-0.1, -0.05) is 69.6 Å². The maximum absolute atomic E-state index is 14.3. The summed E-state index contributed by atoms with van der Waals surface area (Å²) in [5.41, 5.74) is 2.49. The van der Waals surface area contributed by atoms with E-state index < -0.39 is 34.1 Å². The number of aliphatic hydroxyl groups is 1. The highest BCUT2D eigenvalue weighted by molar-refractivity contribution is 7.89. The van der Waals surface area contributed by atoms with Crippen molar-refractivity contribution in [3.63, 3.8) is 0 Å². The number of carbonyl (C=O) groups is 2. The van der Waals surface area contributed by atoms with Crippen molar-refractivity contribution >= 4 is 27.7 Å². The molecule has 3 aromatic rings. The molecule has 14 heteroatoms. The second-order valence-electron chi connectivity index (χ2n) is 13.7. The van der Waals surface area contributed by atoms with Crippen molar-refractivity contribution in [2.45, 2.75) is 77.1 Å². The molecule has 1 aliphatic heterocycles. The quantitative estimate of drug-likeness (QED) is 0.0985. The van der Waals surface area contributed by atoms with Crippen LogP contribution in [-0.2, 0) is 27.8 Å². The van der Waals surface area contributed by atoms with E-state index in [-0.39, 0.29) is 48.8 Å². The van der Waals surface area contributed by atoms with Crippen LogP contribution in [0.4, 0.5) is 4.79 Å². The highest BCUT2D eigenvalue weighted by Crippen LogP contribution is 2.25. The summed E-state index contributed by atoms with van der Waals surface area (Å²) in [6.07, 6.45) is 1.16. The van der Waals surface area contributed by atoms with E-state index in [1.54, 1.807) is 47.2 Å². The molecule has 1 aromatic heterocycles. The van der Waals surface area contributed by atoms with E-state index >= 15 is 0 Å². The number of aliphatic hydroxyl groups excluding tert-OH is 1. The Morgan fingerprint density at radius 1 is 1.04 bits per heavy atom. The van der Waals surface area contributed by atoms with Gasteiger partial charge < -0.3 is 30.2 Å². The summed E-state index contributed by atoms with van der Waals surface area (Å²) in [5.74, 6) is -0.168. The molecule has 2 unspecified atom stereocenters. The Bertz CT molecular complexity index is 1770. The van der Waals surface area contributed by atoms with Crippen LogP contribution in [0.2, 0.25) is 0 Å². The number of nitrogens with zero attached hydrogens (tertiary/aromatic N) is 5. The fourth-order valence-electron chi connectivity index (χ4n) is 6.31. The second kappa shape index (κ2) is 18.3. The molecular weight excluding hydrogens is 685 g/mol. The number of pyridine rings is 1. The Labute approximate surface area is 307 Å². The van der Waals surface area contributed by atoms with Crippen molar-refractivity contribution in [2.75, 3.05) is 33.3 Å². The first-order chi connectivity index (χ1) is 24.8. The molecule has 4 rings (SSSR count). The first kappa shape index (κ1) is 40.2. The van der Waals surface area contributed by atoms with Gasteiger partial charge in [-0.2, -0.15) is 4.31 Å². The molecule has 282 valence electrons. The van der Waals surface area contributed by atoms with Crippen LogP contribution in [0.3, 0.4) is 0 Å². The van der Waals surface area contributed by atoms with Crippen molar-refractivity contribution < 1.29 is 33.1 Å². The summed E-state index contributed by atoms with van der Waals surface area (Å²) < 4.78 is 34.3. The van der Waals surface area contributed by atoms with Crippen LogP contribution < -0.4 is 10.1 Å². The minimum Gasteiger partial charge on any atom is -0.497 e. The predicted octanol–water partition coefficient (Wildman–Crippen LogP) is 4.38. The molecule has 1 aliphatic rings. The van der Waals surface area contributed by atoms with Crippen LogP contribution in [0.15, 0.2) is 83.0 Å². The Balaban J connectivity index is 1.58. The summed E-state index contributed by atoms with van der Waals surface area (Å²) in [7, 11) is -2.52. The van der Waals surface area contributed by atoms with Gasteiger partial charge in [0.1, 0.15) is 17.5 Å². The minimum atomic E-state index is -4.02. The Morgan fingerprint density at radius 2 is 1.73 bits per heavy atom. The molecule has 0 radical (unpaired) electrons. The fourth-order valence-corrected chi connectivity index (χ4v) is 7.93. The Hall–Kier alpha value is -4.53. The van der Waals surface area contributed by atoms with E-state index in [2.05, 4.69) is 15.5 Å². The second-order valence-corrected chi connectivity index (χ2v) is 15.7. The SMILES string of the molecule is CCC(C)C(C(=O)N[C@@H](Cc1ccccc1)[C@H](O)CN(CC(C)C)S(=O)(=O)c1ccc(OC)cc1)N1CCN(Cc2ccnc(/C(C)=N/O)c2)C1=O. The Morgan fingerprint density at radius 3 is 2.35 bits per heavy atom. The molecule has 1 fully saturated rings. The van der Waals surface area contributed by atoms with Crippen molar-refractivity contribution in [3.05, 3.63) is 89.7 Å². The van der Waals surface area contributed by atoms with Gasteiger partial charge in [-0.3, -0.25) is 9.78 Å². The van der Waals surface area contributed by atoms with E-state index in [0.29, 0.717) is 36.7 Å². The van der Waals surface area contributed by atoms with Gasteiger partial charge in [0.25, 0.3) is 0 Å². The van der Waals surface area contributed by atoms with Gasteiger partial charge in [-0.05, 0) is 72.7 Å². The summed E-state index contributed by atoms with van der Waals surface area (Å²) >= 11 is 0. The predicted molar refractivity (Wildman–Crippen MR) is 199 cm³/mol. The van der Waals surface area contributed by atoms with Gasteiger partial charge in [0, 0.05) is 38.9 Å². The third kappa shape index (κ3) is 10.1. The monoisotopic (exact) mass is 736 g/mol. The van der Waals surface area contributed by atoms with Crippen LogP contribution in [0.25, 0.3) is 0 Å². The van der Waals surface area contributed by atoms with Crippen LogP contribution in [-0.4, -0.2) is 107 Å². The van der Waals surface area contributed by atoms with Gasteiger partial charge >= 0.3 is 6.03 Å².